The van der Waals surface area contributed by atoms with E-state index in [2.05, 4.69) is 73.7 Å². The van der Waals surface area contributed by atoms with Crippen molar-refractivity contribution in [3.63, 3.8) is 0 Å². The van der Waals surface area contributed by atoms with Crippen molar-refractivity contribution in [1.82, 2.24) is 15.3 Å². The lowest BCUT2D eigenvalue weighted by Gasteiger charge is -2.25. The van der Waals surface area contributed by atoms with Gasteiger partial charge in [0.25, 0.3) is 0 Å². The number of para-hydroxylation sites is 1. The van der Waals surface area contributed by atoms with Gasteiger partial charge in [-0.2, -0.15) is 0 Å². The maximum Gasteiger partial charge on any atom is 0.188 e. The second kappa shape index (κ2) is 10.8. The van der Waals surface area contributed by atoms with E-state index in [4.69, 9.17) is 5.73 Å². The number of nitrogens with zero attached hydrogens (tertiary/aromatic N) is 3. The number of H-pyrrole nitrogens is 1. The fraction of sp³-hybridized carbons (Fsp3) is 0.273. The number of aryl methyl sites for hydroxylation is 1. The molecule has 0 unspecified atom stereocenters. The van der Waals surface area contributed by atoms with Gasteiger partial charge < -0.3 is 20.9 Å². The number of aliphatic imine (C=N–C) groups is 1. The maximum atomic E-state index is 6.01. The molecular weight excluding hydrogens is 348 g/mol. The molecule has 1 heterocycles. The number of hydrogen-bond acceptors (Lipinski definition) is 3. The van der Waals surface area contributed by atoms with Gasteiger partial charge in [-0.3, -0.25) is 4.99 Å². The molecule has 6 heteroatoms. The summed E-state index contributed by atoms with van der Waals surface area (Å²) in [5, 5.41) is 3.23. The molecule has 0 spiro atoms. The van der Waals surface area contributed by atoms with Crippen LogP contribution >= 0.6 is 0 Å². The van der Waals surface area contributed by atoms with Crippen molar-refractivity contribution < 1.29 is 0 Å². The fourth-order valence-electron chi connectivity index (χ4n) is 3.01. The second-order valence-corrected chi connectivity index (χ2v) is 6.62. The standard InChI is InChI=1S/C22H28N6/c23-22(25-13-7-10-20-16-24-18-27-20)26-14-15-28(21-11-5-2-6-12-21)17-19-8-3-1-4-9-19/h1-6,8-9,11-12,16,18H,7,10,13-15,17H2,(H,24,27)(H3,23,25,26). The predicted molar refractivity (Wildman–Crippen MR) is 115 cm³/mol. The molecule has 0 radical (unpaired) electrons. The number of benzene rings is 2. The fourth-order valence-corrected chi connectivity index (χ4v) is 3.01. The number of imidazole rings is 1. The Bertz CT molecular complexity index is 815. The third-order valence-corrected chi connectivity index (χ3v) is 4.47. The number of anilines is 1. The molecule has 3 aromatic rings. The highest BCUT2D eigenvalue weighted by atomic mass is 15.2. The smallest absolute Gasteiger partial charge is 0.188 e. The average molecular weight is 377 g/mol. The summed E-state index contributed by atoms with van der Waals surface area (Å²) in [6, 6.07) is 20.9. The van der Waals surface area contributed by atoms with Gasteiger partial charge in [0.15, 0.2) is 5.96 Å². The van der Waals surface area contributed by atoms with E-state index in [1.165, 1.54) is 11.3 Å². The van der Waals surface area contributed by atoms with Crippen LogP contribution in [0.15, 0.2) is 78.2 Å². The average Bonchev–Trinajstić information content (AvgIpc) is 3.25. The van der Waals surface area contributed by atoms with Crippen LogP contribution in [0, 0.1) is 0 Å². The highest BCUT2D eigenvalue weighted by Crippen LogP contribution is 2.16. The number of aromatic amines is 1. The van der Waals surface area contributed by atoms with Gasteiger partial charge in [-0.25, -0.2) is 4.98 Å². The normalized spacial score (nSPS) is 11.4. The Morgan fingerprint density at radius 2 is 1.82 bits per heavy atom. The molecular formula is C22H28N6. The van der Waals surface area contributed by atoms with Crippen molar-refractivity contribution >= 4 is 11.6 Å². The first-order chi connectivity index (χ1) is 13.8. The molecule has 0 amide bonds. The van der Waals surface area contributed by atoms with Crippen LogP contribution in [0.25, 0.3) is 0 Å². The molecule has 0 aliphatic carbocycles. The number of aromatic nitrogens is 2. The molecule has 28 heavy (non-hydrogen) atoms. The lowest BCUT2D eigenvalue weighted by molar-refractivity contribution is 0.747. The van der Waals surface area contributed by atoms with Gasteiger partial charge in [0, 0.05) is 43.8 Å². The molecule has 0 saturated carbocycles. The Hall–Kier alpha value is -3.28. The third kappa shape index (κ3) is 6.46. The molecule has 0 aliphatic heterocycles. The van der Waals surface area contributed by atoms with E-state index in [1.54, 1.807) is 6.33 Å². The van der Waals surface area contributed by atoms with Crippen LogP contribution in [0.2, 0.25) is 0 Å². The summed E-state index contributed by atoms with van der Waals surface area (Å²) in [6.07, 6.45) is 5.41. The molecule has 6 nitrogen and oxygen atoms in total. The van der Waals surface area contributed by atoms with Crippen molar-refractivity contribution in [2.24, 2.45) is 10.7 Å². The van der Waals surface area contributed by atoms with E-state index >= 15 is 0 Å². The molecule has 0 atom stereocenters. The summed E-state index contributed by atoms with van der Waals surface area (Å²) in [5.74, 6) is 0.498. The lowest BCUT2D eigenvalue weighted by atomic mass is 10.2. The molecule has 4 N–H and O–H groups in total. The summed E-state index contributed by atoms with van der Waals surface area (Å²) in [5.41, 5.74) is 9.62. The Labute approximate surface area is 166 Å². The van der Waals surface area contributed by atoms with Gasteiger partial charge in [0.1, 0.15) is 0 Å². The van der Waals surface area contributed by atoms with Crippen LogP contribution in [0.1, 0.15) is 17.7 Å². The Morgan fingerprint density at radius 3 is 2.54 bits per heavy atom. The number of guanidine groups is 1. The molecule has 1 aromatic heterocycles. The maximum absolute atomic E-state index is 6.01. The summed E-state index contributed by atoms with van der Waals surface area (Å²) in [6.45, 7) is 3.12. The minimum absolute atomic E-state index is 0.498. The highest BCUT2D eigenvalue weighted by molar-refractivity contribution is 5.77. The molecule has 0 aliphatic rings. The molecule has 0 saturated heterocycles. The van der Waals surface area contributed by atoms with E-state index in [1.807, 2.05) is 18.3 Å². The van der Waals surface area contributed by atoms with Crippen molar-refractivity contribution in [3.8, 4) is 0 Å². The minimum Gasteiger partial charge on any atom is -0.370 e. The Balaban J connectivity index is 1.46. The van der Waals surface area contributed by atoms with E-state index in [0.717, 1.165) is 38.2 Å². The number of nitrogens with two attached hydrogens (primary N) is 1. The zero-order valence-corrected chi connectivity index (χ0v) is 16.1. The van der Waals surface area contributed by atoms with Crippen LogP contribution < -0.4 is 16.0 Å². The molecule has 3 rings (SSSR count). The summed E-state index contributed by atoms with van der Waals surface area (Å²) < 4.78 is 0. The molecule has 2 aromatic carbocycles. The monoisotopic (exact) mass is 376 g/mol. The van der Waals surface area contributed by atoms with Gasteiger partial charge in [-0.05, 0) is 30.5 Å². The van der Waals surface area contributed by atoms with Gasteiger partial charge in [-0.15, -0.1) is 0 Å². The van der Waals surface area contributed by atoms with E-state index in [-0.39, 0.29) is 0 Å². The first kappa shape index (κ1) is 19.5. The van der Waals surface area contributed by atoms with E-state index in [0.29, 0.717) is 12.5 Å². The predicted octanol–water partition coefficient (Wildman–Crippen LogP) is 2.95. The van der Waals surface area contributed by atoms with Crippen LogP contribution in [0.4, 0.5) is 5.69 Å². The first-order valence-electron chi connectivity index (χ1n) is 9.66. The highest BCUT2D eigenvalue weighted by Gasteiger charge is 2.07. The van der Waals surface area contributed by atoms with Gasteiger partial charge in [-0.1, -0.05) is 48.5 Å². The van der Waals surface area contributed by atoms with Crippen molar-refractivity contribution in [2.45, 2.75) is 19.4 Å². The SMILES string of the molecule is NC(=NCCCc1cnc[nH]1)NCCN(Cc1ccccc1)c1ccccc1. The van der Waals surface area contributed by atoms with Crippen molar-refractivity contribution in [2.75, 3.05) is 24.5 Å². The molecule has 146 valence electrons. The van der Waals surface area contributed by atoms with E-state index < -0.39 is 0 Å². The van der Waals surface area contributed by atoms with Crippen molar-refractivity contribution in [1.29, 1.82) is 0 Å². The lowest BCUT2D eigenvalue weighted by Crippen LogP contribution is -2.38. The Morgan fingerprint density at radius 1 is 1.07 bits per heavy atom. The molecule has 0 fully saturated rings. The van der Waals surface area contributed by atoms with Gasteiger partial charge >= 0.3 is 0 Å². The zero-order chi connectivity index (χ0) is 19.4. The zero-order valence-electron chi connectivity index (χ0n) is 16.1. The van der Waals surface area contributed by atoms with Crippen molar-refractivity contribution in [3.05, 3.63) is 84.4 Å². The molecule has 0 bridgehead atoms. The van der Waals surface area contributed by atoms with Crippen LogP contribution in [0.3, 0.4) is 0 Å². The summed E-state index contributed by atoms with van der Waals surface area (Å²) >= 11 is 0. The number of hydrogen-bond donors (Lipinski definition) is 3. The van der Waals surface area contributed by atoms with Crippen LogP contribution in [-0.4, -0.2) is 35.6 Å². The summed E-state index contributed by atoms with van der Waals surface area (Å²) in [4.78, 5) is 13.9. The van der Waals surface area contributed by atoms with Crippen LogP contribution in [-0.2, 0) is 13.0 Å². The quantitative estimate of drug-likeness (QED) is 0.289. The van der Waals surface area contributed by atoms with Gasteiger partial charge in [0.2, 0.25) is 0 Å². The minimum atomic E-state index is 0.498. The van der Waals surface area contributed by atoms with Crippen LogP contribution in [0.5, 0.6) is 0 Å². The number of rotatable bonds is 10. The topological polar surface area (TPSA) is 82.3 Å². The van der Waals surface area contributed by atoms with E-state index in [9.17, 15) is 0 Å². The largest absolute Gasteiger partial charge is 0.370 e. The van der Waals surface area contributed by atoms with Gasteiger partial charge in [0.05, 0.1) is 6.33 Å². The Kier molecular flexibility index (Phi) is 7.49. The summed E-state index contributed by atoms with van der Waals surface area (Å²) in [7, 11) is 0. The third-order valence-electron chi connectivity index (χ3n) is 4.47. The number of nitrogens with one attached hydrogen (secondary N) is 2. The second-order valence-electron chi connectivity index (χ2n) is 6.62. The first-order valence-corrected chi connectivity index (χ1v) is 9.66.